The molecule has 2 aromatic heterocycles. The van der Waals surface area contributed by atoms with Gasteiger partial charge in [0.15, 0.2) is 0 Å². The Morgan fingerprint density at radius 2 is 1.82 bits per heavy atom. The Kier molecular flexibility index (Phi) is 5.30. The number of amides is 3. The van der Waals surface area contributed by atoms with Crippen molar-refractivity contribution in [2.24, 2.45) is 0 Å². The lowest BCUT2D eigenvalue weighted by molar-refractivity contribution is -0.120. The topological polar surface area (TPSA) is 73.2 Å². The van der Waals surface area contributed by atoms with Crippen molar-refractivity contribution in [1.29, 1.82) is 0 Å². The van der Waals surface area contributed by atoms with E-state index in [9.17, 15) is 14.0 Å². The second kappa shape index (κ2) is 8.48. The fourth-order valence-corrected chi connectivity index (χ4v) is 5.68. The predicted molar refractivity (Wildman–Crippen MR) is 125 cm³/mol. The molecule has 0 spiro atoms. The van der Waals surface area contributed by atoms with Crippen LogP contribution in [0.1, 0.15) is 30.4 Å². The van der Waals surface area contributed by atoms with Gasteiger partial charge in [0, 0.05) is 57.4 Å². The summed E-state index contributed by atoms with van der Waals surface area (Å²) in [5.74, 6) is -0.420. The van der Waals surface area contributed by atoms with Crippen LogP contribution in [0.25, 0.3) is 5.52 Å². The van der Waals surface area contributed by atoms with Crippen LogP contribution in [0.15, 0.2) is 48.8 Å². The number of fused-ring (bicyclic) bond motifs is 3. The maximum atomic E-state index is 13.6. The fourth-order valence-electron chi connectivity index (χ4n) is 5.68. The predicted octanol–water partition coefficient (Wildman–Crippen LogP) is 2.77. The zero-order valence-corrected chi connectivity index (χ0v) is 18.9. The SMILES string of the molecule is O=C1CCN(c2cnn3ccc(CN4C[C@H]5CC[C@@H](C4)N5Cc4cccc(F)c4)cc23)C(=O)N1. The van der Waals surface area contributed by atoms with Crippen LogP contribution >= 0.6 is 0 Å². The second-order valence-corrected chi connectivity index (χ2v) is 9.53. The number of rotatable bonds is 5. The van der Waals surface area contributed by atoms with E-state index in [0.717, 1.165) is 37.3 Å². The molecule has 3 aliphatic rings. The van der Waals surface area contributed by atoms with Crippen molar-refractivity contribution in [2.45, 2.75) is 44.4 Å². The Balaban J connectivity index is 1.16. The van der Waals surface area contributed by atoms with Crippen molar-refractivity contribution in [3.63, 3.8) is 0 Å². The summed E-state index contributed by atoms with van der Waals surface area (Å²) in [6.07, 6.45) is 6.23. The summed E-state index contributed by atoms with van der Waals surface area (Å²) >= 11 is 0. The van der Waals surface area contributed by atoms with Gasteiger partial charge in [0.1, 0.15) is 5.82 Å². The first-order valence-corrected chi connectivity index (χ1v) is 11.8. The third-order valence-corrected chi connectivity index (χ3v) is 7.28. The summed E-state index contributed by atoms with van der Waals surface area (Å²) in [6, 6.07) is 11.6. The van der Waals surface area contributed by atoms with E-state index in [1.165, 1.54) is 24.5 Å². The number of anilines is 1. The summed E-state index contributed by atoms with van der Waals surface area (Å²) < 4.78 is 15.4. The van der Waals surface area contributed by atoms with Crippen LogP contribution in [0.2, 0.25) is 0 Å². The number of aromatic nitrogens is 2. The highest BCUT2D eigenvalue weighted by atomic mass is 19.1. The summed E-state index contributed by atoms with van der Waals surface area (Å²) in [7, 11) is 0. The number of carbonyl (C=O) groups excluding carboxylic acids is 2. The Morgan fingerprint density at radius 1 is 1.03 bits per heavy atom. The molecule has 3 amide bonds. The van der Waals surface area contributed by atoms with E-state index in [1.807, 2.05) is 12.3 Å². The lowest BCUT2D eigenvalue weighted by atomic mass is 10.1. The minimum absolute atomic E-state index is 0.174. The normalized spacial score (nSPS) is 23.6. The monoisotopic (exact) mass is 462 g/mol. The molecule has 5 heterocycles. The Bertz CT molecular complexity index is 1250. The fraction of sp³-hybridized carbons (Fsp3) is 0.400. The lowest BCUT2D eigenvalue weighted by Gasteiger charge is -2.41. The molecule has 6 rings (SSSR count). The van der Waals surface area contributed by atoms with Crippen LogP contribution in [0.5, 0.6) is 0 Å². The van der Waals surface area contributed by atoms with Gasteiger partial charge in [-0.05, 0) is 48.2 Å². The molecule has 9 heteroatoms. The molecule has 3 aliphatic heterocycles. The van der Waals surface area contributed by atoms with Gasteiger partial charge in [0.05, 0.1) is 17.4 Å². The number of piperazine rings is 1. The van der Waals surface area contributed by atoms with Gasteiger partial charge >= 0.3 is 6.03 Å². The van der Waals surface area contributed by atoms with Gasteiger partial charge in [0.2, 0.25) is 5.91 Å². The molecule has 176 valence electrons. The van der Waals surface area contributed by atoms with E-state index in [4.69, 9.17) is 0 Å². The summed E-state index contributed by atoms with van der Waals surface area (Å²) in [4.78, 5) is 30.5. The second-order valence-electron chi connectivity index (χ2n) is 9.53. The van der Waals surface area contributed by atoms with Gasteiger partial charge in [0.25, 0.3) is 0 Å². The van der Waals surface area contributed by atoms with Gasteiger partial charge in [-0.15, -0.1) is 0 Å². The van der Waals surface area contributed by atoms with Crippen molar-refractivity contribution < 1.29 is 14.0 Å². The average Bonchev–Trinajstić information content (AvgIpc) is 3.31. The molecule has 1 N–H and O–H groups in total. The van der Waals surface area contributed by atoms with Crippen molar-refractivity contribution in [3.8, 4) is 0 Å². The molecule has 2 bridgehead atoms. The van der Waals surface area contributed by atoms with Crippen molar-refractivity contribution in [3.05, 3.63) is 65.7 Å². The Labute approximate surface area is 196 Å². The molecule has 0 radical (unpaired) electrons. The average molecular weight is 463 g/mol. The number of halogens is 1. The molecule has 0 saturated carbocycles. The smallest absolute Gasteiger partial charge is 0.296 e. The molecule has 3 aromatic rings. The number of nitrogens with one attached hydrogen (secondary N) is 1. The van der Waals surface area contributed by atoms with E-state index in [0.29, 0.717) is 24.3 Å². The minimum atomic E-state index is -0.400. The highest BCUT2D eigenvalue weighted by Gasteiger charge is 2.39. The number of likely N-dealkylation sites (tertiary alicyclic amines) is 1. The molecule has 34 heavy (non-hydrogen) atoms. The number of urea groups is 1. The molecule has 0 unspecified atom stereocenters. The molecule has 2 atom stereocenters. The van der Waals surface area contributed by atoms with E-state index in [2.05, 4.69) is 32.3 Å². The number of nitrogens with zero attached hydrogens (tertiary/aromatic N) is 5. The third-order valence-electron chi connectivity index (χ3n) is 7.28. The largest absolute Gasteiger partial charge is 0.328 e. The summed E-state index contributed by atoms with van der Waals surface area (Å²) in [5, 5.41) is 6.77. The Morgan fingerprint density at radius 3 is 2.59 bits per heavy atom. The Hall–Kier alpha value is -3.30. The van der Waals surface area contributed by atoms with Crippen LogP contribution in [-0.2, 0) is 17.9 Å². The van der Waals surface area contributed by atoms with Gasteiger partial charge in [-0.25, -0.2) is 13.7 Å². The van der Waals surface area contributed by atoms with Crippen LogP contribution in [-0.4, -0.2) is 63.1 Å². The molecular weight excluding hydrogens is 435 g/mol. The van der Waals surface area contributed by atoms with E-state index < -0.39 is 6.03 Å². The standard InChI is InChI=1S/C25H27FN6O2/c26-19-3-1-2-17(10-19)14-31-20-4-5-21(31)16-29(15-20)13-18-6-9-32-22(11-18)23(12-27-32)30-8-7-24(33)28-25(30)34/h1-3,6,9-12,20-21H,4-5,7-8,13-16H2,(H,28,33,34)/t20-,21+. The van der Waals surface area contributed by atoms with Crippen molar-refractivity contribution in [2.75, 3.05) is 24.5 Å². The van der Waals surface area contributed by atoms with Gasteiger partial charge in [-0.1, -0.05) is 12.1 Å². The van der Waals surface area contributed by atoms with E-state index in [-0.39, 0.29) is 18.1 Å². The van der Waals surface area contributed by atoms with Gasteiger partial charge < -0.3 is 0 Å². The molecular formula is C25H27FN6O2. The minimum Gasteiger partial charge on any atom is -0.296 e. The van der Waals surface area contributed by atoms with Gasteiger partial charge in [-0.3, -0.25) is 24.8 Å². The van der Waals surface area contributed by atoms with Crippen LogP contribution < -0.4 is 10.2 Å². The highest BCUT2D eigenvalue weighted by molar-refractivity contribution is 6.07. The van der Waals surface area contributed by atoms with Crippen molar-refractivity contribution >= 4 is 23.1 Å². The number of imide groups is 1. The van der Waals surface area contributed by atoms with E-state index in [1.54, 1.807) is 27.7 Å². The van der Waals surface area contributed by atoms with Crippen LogP contribution in [0.4, 0.5) is 14.9 Å². The van der Waals surface area contributed by atoms with E-state index >= 15 is 0 Å². The number of hydrogen-bond acceptors (Lipinski definition) is 5. The third kappa shape index (κ3) is 3.95. The van der Waals surface area contributed by atoms with Gasteiger partial charge in [-0.2, -0.15) is 5.10 Å². The zero-order chi connectivity index (χ0) is 23.2. The molecule has 3 saturated heterocycles. The first kappa shape index (κ1) is 21.2. The number of carbonyl (C=O) groups is 2. The molecule has 0 aliphatic carbocycles. The van der Waals surface area contributed by atoms with Crippen LogP contribution in [0.3, 0.4) is 0 Å². The summed E-state index contributed by atoms with van der Waals surface area (Å²) in [6.45, 7) is 3.95. The first-order chi connectivity index (χ1) is 16.5. The number of pyridine rings is 1. The number of benzene rings is 1. The maximum Gasteiger partial charge on any atom is 0.328 e. The molecule has 1 aromatic carbocycles. The first-order valence-electron chi connectivity index (χ1n) is 11.8. The van der Waals surface area contributed by atoms with Crippen LogP contribution in [0, 0.1) is 5.82 Å². The molecule has 3 fully saturated rings. The zero-order valence-electron chi connectivity index (χ0n) is 18.9. The van der Waals surface area contributed by atoms with Crippen molar-refractivity contribution in [1.82, 2.24) is 24.7 Å². The quantitative estimate of drug-likeness (QED) is 0.631. The molecule has 8 nitrogen and oxygen atoms in total. The number of hydrogen-bond donors (Lipinski definition) is 1. The highest BCUT2D eigenvalue weighted by Crippen LogP contribution is 2.33. The maximum absolute atomic E-state index is 13.6. The summed E-state index contributed by atoms with van der Waals surface area (Å²) in [5.41, 5.74) is 3.77. The lowest BCUT2D eigenvalue weighted by Crippen LogP contribution is -2.52.